The van der Waals surface area contributed by atoms with Crippen molar-refractivity contribution in [3.63, 3.8) is 0 Å². The van der Waals surface area contributed by atoms with E-state index < -0.39 is 5.91 Å². The second kappa shape index (κ2) is 5.89. The lowest BCUT2D eigenvalue weighted by Crippen LogP contribution is -2.44. The minimum Gasteiger partial charge on any atom is -0.299 e. The normalized spacial score (nSPS) is 19.3. The predicted octanol–water partition coefficient (Wildman–Crippen LogP) is -0.291. The number of hydrogen-bond donors (Lipinski definition) is 2. The molecule has 2 heterocycles. The summed E-state index contributed by atoms with van der Waals surface area (Å²) in [5, 5.41) is 7.70. The minimum atomic E-state index is -0.415. The molecule has 1 aromatic heterocycles. The number of hydrazine groups is 1. The van der Waals surface area contributed by atoms with Gasteiger partial charge in [-0.3, -0.25) is 19.8 Å². The highest BCUT2D eigenvalue weighted by Crippen LogP contribution is 2.29. The molecular weight excluding hydrogens is 264 g/mol. The zero-order chi connectivity index (χ0) is 13.9. The number of carbonyl (C=O) groups is 1. The molecule has 0 aromatic carbocycles. The van der Waals surface area contributed by atoms with Crippen LogP contribution >= 0.6 is 11.8 Å². The first kappa shape index (κ1) is 14.3. The Labute approximate surface area is 116 Å². The van der Waals surface area contributed by atoms with Crippen LogP contribution in [-0.2, 0) is 6.54 Å². The van der Waals surface area contributed by atoms with E-state index in [4.69, 9.17) is 5.84 Å². The summed E-state index contributed by atoms with van der Waals surface area (Å²) in [6, 6.07) is 0. The fraction of sp³-hybridized carbons (Fsp3) is 0.727. The molecule has 1 aromatic rings. The van der Waals surface area contributed by atoms with Gasteiger partial charge in [0.1, 0.15) is 0 Å². The van der Waals surface area contributed by atoms with Crippen LogP contribution in [0, 0.1) is 0 Å². The summed E-state index contributed by atoms with van der Waals surface area (Å²) in [7, 11) is 0. The second-order valence-electron chi connectivity index (χ2n) is 5.22. The largest absolute Gasteiger partial charge is 0.299 e. The molecule has 1 aliphatic heterocycles. The molecule has 1 saturated heterocycles. The molecule has 1 aliphatic rings. The van der Waals surface area contributed by atoms with Crippen LogP contribution in [0.15, 0.2) is 6.20 Å². The van der Waals surface area contributed by atoms with Gasteiger partial charge in [0, 0.05) is 30.1 Å². The predicted molar refractivity (Wildman–Crippen MR) is 74.7 cm³/mol. The molecular formula is C11H20N6OS. The first-order valence-electron chi connectivity index (χ1n) is 6.27. The summed E-state index contributed by atoms with van der Waals surface area (Å²) >= 11 is 2.01. The number of thioether (sulfide) groups is 1. The molecule has 7 nitrogen and oxygen atoms in total. The average molecular weight is 284 g/mol. The van der Waals surface area contributed by atoms with Crippen molar-refractivity contribution in [1.82, 2.24) is 25.3 Å². The van der Waals surface area contributed by atoms with Gasteiger partial charge in [0.05, 0.1) is 12.7 Å². The van der Waals surface area contributed by atoms with Crippen molar-refractivity contribution in [1.29, 1.82) is 0 Å². The highest BCUT2D eigenvalue weighted by atomic mass is 32.2. The van der Waals surface area contributed by atoms with Crippen molar-refractivity contribution in [2.45, 2.75) is 25.1 Å². The van der Waals surface area contributed by atoms with Crippen molar-refractivity contribution in [3.8, 4) is 0 Å². The Morgan fingerprint density at radius 1 is 1.58 bits per heavy atom. The molecule has 3 N–H and O–H groups in total. The Balaban J connectivity index is 1.85. The molecule has 0 atom stereocenters. The fourth-order valence-corrected chi connectivity index (χ4v) is 3.31. The van der Waals surface area contributed by atoms with E-state index in [2.05, 4.69) is 29.1 Å². The Morgan fingerprint density at radius 3 is 3.05 bits per heavy atom. The third kappa shape index (κ3) is 3.92. The van der Waals surface area contributed by atoms with Gasteiger partial charge in [-0.1, -0.05) is 5.21 Å². The molecule has 0 saturated carbocycles. The number of nitrogens with two attached hydrogens (primary N) is 1. The number of rotatable bonds is 4. The number of amides is 1. The smallest absolute Gasteiger partial charge is 0.287 e. The van der Waals surface area contributed by atoms with E-state index in [-0.39, 0.29) is 5.69 Å². The van der Waals surface area contributed by atoms with Crippen LogP contribution in [0.4, 0.5) is 0 Å². The lowest BCUT2D eigenvalue weighted by Gasteiger charge is -2.37. The summed E-state index contributed by atoms with van der Waals surface area (Å²) in [5.74, 6) is 5.79. The zero-order valence-electron chi connectivity index (χ0n) is 11.3. The lowest BCUT2D eigenvalue weighted by molar-refractivity contribution is 0.0948. The molecule has 0 spiro atoms. The van der Waals surface area contributed by atoms with Crippen molar-refractivity contribution >= 4 is 17.7 Å². The summed E-state index contributed by atoms with van der Waals surface area (Å²) in [5.41, 5.74) is 2.29. The van der Waals surface area contributed by atoms with Gasteiger partial charge in [-0.25, -0.2) is 5.84 Å². The van der Waals surface area contributed by atoms with Gasteiger partial charge in [-0.15, -0.1) is 5.10 Å². The molecule has 0 bridgehead atoms. The Morgan fingerprint density at radius 2 is 2.37 bits per heavy atom. The molecule has 2 rings (SSSR count). The first-order chi connectivity index (χ1) is 9.00. The number of carbonyl (C=O) groups excluding carboxylic acids is 1. The Bertz CT molecular complexity index is 446. The van der Waals surface area contributed by atoms with Crippen molar-refractivity contribution in [3.05, 3.63) is 11.9 Å². The van der Waals surface area contributed by atoms with Crippen molar-refractivity contribution in [2.24, 2.45) is 5.84 Å². The number of nitrogens with zero attached hydrogens (tertiary/aromatic N) is 4. The van der Waals surface area contributed by atoms with E-state index in [1.54, 1.807) is 10.9 Å². The van der Waals surface area contributed by atoms with Crippen LogP contribution in [0.5, 0.6) is 0 Å². The maximum absolute atomic E-state index is 11.3. The van der Waals surface area contributed by atoms with E-state index in [1.807, 2.05) is 17.2 Å². The third-order valence-electron chi connectivity index (χ3n) is 3.05. The molecule has 106 valence electrons. The van der Waals surface area contributed by atoms with Crippen LogP contribution in [0.25, 0.3) is 0 Å². The Hall–Kier alpha value is -1.12. The Kier molecular flexibility index (Phi) is 4.43. The molecule has 0 unspecified atom stereocenters. The molecule has 1 amide bonds. The highest BCUT2D eigenvalue weighted by molar-refractivity contribution is 8.00. The van der Waals surface area contributed by atoms with Gasteiger partial charge in [0.15, 0.2) is 5.69 Å². The summed E-state index contributed by atoms with van der Waals surface area (Å²) in [6.45, 7) is 8.34. The lowest BCUT2D eigenvalue weighted by atomic mass is 10.2. The number of hydrogen-bond acceptors (Lipinski definition) is 6. The summed E-state index contributed by atoms with van der Waals surface area (Å²) < 4.78 is 1.99. The van der Waals surface area contributed by atoms with Gasteiger partial charge in [-0.05, 0) is 13.8 Å². The van der Waals surface area contributed by atoms with Crippen LogP contribution in [0.1, 0.15) is 24.3 Å². The van der Waals surface area contributed by atoms with E-state index in [9.17, 15) is 4.79 Å². The fourth-order valence-electron chi connectivity index (χ4n) is 2.13. The van der Waals surface area contributed by atoms with E-state index >= 15 is 0 Å². The third-order valence-corrected chi connectivity index (χ3v) is 4.35. The minimum absolute atomic E-state index is 0.247. The molecule has 0 aliphatic carbocycles. The number of aromatic nitrogens is 3. The number of nitrogens with one attached hydrogen (secondary N) is 1. The topological polar surface area (TPSA) is 89.1 Å². The molecule has 1 fully saturated rings. The molecule has 0 radical (unpaired) electrons. The van der Waals surface area contributed by atoms with E-state index in [1.165, 1.54) is 0 Å². The van der Waals surface area contributed by atoms with Gasteiger partial charge in [-0.2, -0.15) is 11.8 Å². The second-order valence-corrected chi connectivity index (χ2v) is 7.03. The summed E-state index contributed by atoms with van der Waals surface area (Å²) in [4.78, 5) is 13.7. The van der Waals surface area contributed by atoms with Gasteiger partial charge >= 0.3 is 0 Å². The first-order valence-corrected chi connectivity index (χ1v) is 7.26. The van der Waals surface area contributed by atoms with Crippen LogP contribution in [0.3, 0.4) is 0 Å². The van der Waals surface area contributed by atoms with Crippen molar-refractivity contribution < 1.29 is 4.79 Å². The standard InChI is InChI=1S/C11H20N6OS/c1-11(2)8-16(5-6-19-11)3-4-17-7-9(14-15-17)10(18)13-12/h7H,3-6,8,12H2,1-2H3,(H,13,18). The van der Waals surface area contributed by atoms with E-state index in [0.717, 1.165) is 31.9 Å². The van der Waals surface area contributed by atoms with E-state index in [0.29, 0.717) is 4.75 Å². The monoisotopic (exact) mass is 284 g/mol. The SMILES string of the molecule is CC1(C)CN(CCn2cc(C(=O)NN)nn2)CCS1. The zero-order valence-corrected chi connectivity index (χ0v) is 12.1. The van der Waals surface area contributed by atoms with Crippen LogP contribution in [0.2, 0.25) is 0 Å². The number of nitrogen functional groups attached to an aromatic ring is 1. The van der Waals surface area contributed by atoms with Gasteiger partial charge in [0.25, 0.3) is 5.91 Å². The summed E-state index contributed by atoms with van der Waals surface area (Å²) in [6.07, 6.45) is 1.62. The van der Waals surface area contributed by atoms with Crippen LogP contribution in [-0.4, -0.2) is 55.9 Å². The van der Waals surface area contributed by atoms with Crippen LogP contribution < -0.4 is 11.3 Å². The maximum Gasteiger partial charge on any atom is 0.287 e. The molecule has 8 heteroatoms. The average Bonchev–Trinajstić information content (AvgIpc) is 2.83. The maximum atomic E-state index is 11.3. The quantitative estimate of drug-likeness (QED) is 0.449. The van der Waals surface area contributed by atoms with Gasteiger partial charge < -0.3 is 0 Å². The molecule has 19 heavy (non-hydrogen) atoms. The highest BCUT2D eigenvalue weighted by Gasteiger charge is 2.26. The van der Waals surface area contributed by atoms with Gasteiger partial charge in [0.2, 0.25) is 0 Å². The van der Waals surface area contributed by atoms with Crippen molar-refractivity contribution in [2.75, 3.05) is 25.4 Å².